The number of methoxy groups -OCH3 is 2. The maximum Gasteiger partial charge on any atom is 0.262 e. The van der Waals surface area contributed by atoms with Gasteiger partial charge in [-0.2, -0.15) is 0 Å². The Balaban J connectivity index is 1.75. The van der Waals surface area contributed by atoms with E-state index in [1.807, 2.05) is 0 Å². The van der Waals surface area contributed by atoms with E-state index in [1.165, 1.54) is 25.3 Å². The Morgan fingerprint density at radius 2 is 1.62 bits per heavy atom. The van der Waals surface area contributed by atoms with Crippen molar-refractivity contribution in [3.63, 3.8) is 0 Å². The first-order valence-corrected chi connectivity index (χ1v) is 10.9. The molecule has 3 aromatic carbocycles. The minimum Gasteiger partial charge on any atom is -0.497 e. The van der Waals surface area contributed by atoms with E-state index in [0.29, 0.717) is 11.4 Å². The number of nitrogens with one attached hydrogen (secondary N) is 2. The molecule has 32 heavy (non-hydrogen) atoms. The molecule has 0 aliphatic heterocycles. The molecule has 0 fully saturated rings. The summed E-state index contributed by atoms with van der Waals surface area (Å²) in [6.07, 6.45) is 2.99. The number of sulfonamides is 1. The molecular formula is C23H21FN2O5S. The van der Waals surface area contributed by atoms with Gasteiger partial charge >= 0.3 is 0 Å². The number of carbonyl (C=O) groups is 1. The van der Waals surface area contributed by atoms with E-state index in [4.69, 9.17) is 9.47 Å². The lowest BCUT2D eigenvalue weighted by Crippen LogP contribution is -2.14. The molecule has 0 saturated heterocycles. The average molecular weight is 456 g/mol. The molecule has 0 saturated carbocycles. The Morgan fingerprint density at radius 1 is 0.938 bits per heavy atom. The SMILES string of the molecule is COc1ccc(/C=C/C(=O)Nc2ccc(OC)c(NS(=O)(=O)c3ccc(F)cc3)c2)cc1. The zero-order valence-corrected chi connectivity index (χ0v) is 18.1. The molecule has 1 amide bonds. The van der Waals surface area contributed by atoms with Crippen molar-refractivity contribution in [2.24, 2.45) is 0 Å². The summed E-state index contributed by atoms with van der Waals surface area (Å²) in [6, 6.07) is 16.1. The van der Waals surface area contributed by atoms with Crippen molar-refractivity contribution in [1.29, 1.82) is 0 Å². The summed E-state index contributed by atoms with van der Waals surface area (Å²) in [7, 11) is -1.03. The van der Waals surface area contributed by atoms with Gasteiger partial charge in [0.1, 0.15) is 17.3 Å². The molecule has 0 spiro atoms. The number of benzene rings is 3. The van der Waals surface area contributed by atoms with Crippen LogP contribution in [0.3, 0.4) is 0 Å². The maximum atomic E-state index is 13.1. The van der Waals surface area contributed by atoms with Crippen LogP contribution in [0.15, 0.2) is 77.7 Å². The van der Waals surface area contributed by atoms with Gasteiger partial charge in [-0.25, -0.2) is 12.8 Å². The van der Waals surface area contributed by atoms with Gasteiger partial charge in [0.15, 0.2) is 0 Å². The minimum atomic E-state index is -3.99. The lowest BCUT2D eigenvalue weighted by atomic mass is 10.2. The molecule has 9 heteroatoms. The minimum absolute atomic E-state index is 0.113. The molecule has 0 atom stereocenters. The van der Waals surface area contributed by atoms with Crippen LogP contribution in [0.2, 0.25) is 0 Å². The fourth-order valence-corrected chi connectivity index (χ4v) is 3.82. The second-order valence-corrected chi connectivity index (χ2v) is 8.25. The van der Waals surface area contributed by atoms with Crippen LogP contribution in [0.1, 0.15) is 5.56 Å². The van der Waals surface area contributed by atoms with Crippen LogP contribution < -0.4 is 19.5 Å². The Labute approximate surface area is 185 Å². The van der Waals surface area contributed by atoms with E-state index < -0.39 is 21.7 Å². The van der Waals surface area contributed by atoms with Gasteiger partial charge in [-0.3, -0.25) is 9.52 Å². The molecule has 0 aromatic heterocycles. The summed E-state index contributed by atoms with van der Waals surface area (Å²) in [5, 5.41) is 2.67. The van der Waals surface area contributed by atoms with Crippen LogP contribution in [0.25, 0.3) is 6.08 Å². The van der Waals surface area contributed by atoms with Gasteiger partial charge in [0.25, 0.3) is 10.0 Å². The van der Waals surface area contributed by atoms with Crippen molar-refractivity contribution in [3.8, 4) is 11.5 Å². The van der Waals surface area contributed by atoms with Crippen molar-refractivity contribution >= 4 is 33.4 Å². The van der Waals surface area contributed by atoms with E-state index >= 15 is 0 Å². The normalized spacial score (nSPS) is 11.2. The molecule has 3 aromatic rings. The second-order valence-electron chi connectivity index (χ2n) is 6.57. The number of carbonyl (C=O) groups excluding carboxylic acids is 1. The molecule has 0 aliphatic rings. The summed E-state index contributed by atoms with van der Waals surface area (Å²) in [5.41, 5.74) is 1.28. The first kappa shape index (κ1) is 22.8. The molecule has 0 aliphatic carbocycles. The molecule has 0 unspecified atom stereocenters. The zero-order chi connectivity index (χ0) is 23.1. The average Bonchev–Trinajstić information content (AvgIpc) is 2.78. The van der Waals surface area contributed by atoms with E-state index in [-0.39, 0.29) is 16.3 Å². The zero-order valence-electron chi connectivity index (χ0n) is 17.3. The molecule has 3 rings (SSSR count). The predicted octanol–water partition coefficient (Wildman–Crippen LogP) is 4.30. The highest BCUT2D eigenvalue weighted by atomic mass is 32.2. The van der Waals surface area contributed by atoms with Crippen molar-refractivity contribution in [2.75, 3.05) is 24.3 Å². The smallest absolute Gasteiger partial charge is 0.262 e. The van der Waals surface area contributed by atoms with Crippen molar-refractivity contribution in [1.82, 2.24) is 0 Å². The number of amides is 1. The third-order valence-electron chi connectivity index (χ3n) is 4.38. The molecule has 0 heterocycles. The quantitative estimate of drug-likeness (QED) is 0.493. The van der Waals surface area contributed by atoms with Crippen LogP contribution in [-0.2, 0) is 14.8 Å². The highest BCUT2D eigenvalue weighted by molar-refractivity contribution is 7.92. The van der Waals surface area contributed by atoms with Gasteiger partial charge in [-0.15, -0.1) is 0 Å². The lowest BCUT2D eigenvalue weighted by molar-refractivity contribution is -0.111. The van der Waals surface area contributed by atoms with E-state index in [0.717, 1.165) is 29.8 Å². The maximum absolute atomic E-state index is 13.1. The molecular weight excluding hydrogens is 435 g/mol. The van der Waals surface area contributed by atoms with Crippen LogP contribution >= 0.6 is 0 Å². The Bertz CT molecular complexity index is 1220. The number of ether oxygens (including phenoxy) is 2. The second kappa shape index (κ2) is 9.97. The monoisotopic (exact) mass is 456 g/mol. The van der Waals surface area contributed by atoms with Crippen LogP contribution in [0.5, 0.6) is 11.5 Å². The van der Waals surface area contributed by atoms with Crippen molar-refractivity contribution in [2.45, 2.75) is 4.90 Å². The van der Waals surface area contributed by atoms with E-state index in [9.17, 15) is 17.6 Å². The van der Waals surface area contributed by atoms with Gasteiger partial charge in [0.2, 0.25) is 5.91 Å². The van der Waals surface area contributed by atoms with Crippen LogP contribution in [0.4, 0.5) is 15.8 Å². The first-order valence-electron chi connectivity index (χ1n) is 9.40. The third kappa shape index (κ3) is 5.86. The highest BCUT2D eigenvalue weighted by Crippen LogP contribution is 2.30. The number of hydrogen-bond donors (Lipinski definition) is 2. The molecule has 0 radical (unpaired) electrons. The third-order valence-corrected chi connectivity index (χ3v) is 5.76. The van der Waals surface area contributed by atoms with Gasteiger partial charge in [-0.05, 0) is 66.2 Å². The molecule has 2 N–H and O–H groups in total. The van der Waals surface area contributed by atoms with E-state index in [1.54, 1.807) is 43.5 Å². The molecule has 166 valence electrons. The van der Waals surface area contributed by atoms with Gasteiger partial charge in [0, 0.05) is 11.8 Å². The fraction of sp³-hybridized carbons (Fsp3) is 0.0870. The largest absolute Gasteiger partial charge is 0.497 e. The Morgan fingerprint density at radius 3 is 2.25 bits per heavy atom. The van der Waals surface area contributed by atoms with Gasteiger partial charge < -0.3 is 14.8 Å². The van der Waals surface area contributed by atoms with Gasteiger partial charge in [0.05, 0.1) is 24.8 Å². The van der Waals surface area contributed by atoms with Crippen molar-refractivity contribution in [3.05, 3.63) is 84.2 Å². The van der Waals surface area contributed by atoms with Crippen molar-refractivity contribution < 1.29 is 27.1 Å². The van der Waals surface area contributed by atoms with E-state index in [2.05, 4.69) is 10.0 Å². The highest BCUT2D eigenvalue weighted by Gasteiger charge is 2.17. The standard InChI is InChI=1S/C23H21FN2O5S/c1-30-19-9-3-16(4-10-19)5-14-23(27)25-18-8-13-22(31-2)21(15-18)26-32(28,29)20-11-6-17(24)7-12-20/h3-15,26H,1-2H3,(H,25,27)/b14-5+. The summed E-state index contributed by atoms with van der Waals surface area (Å²) >= 11 is 0. The number of halogens is 1. The summed E-state index contributed by atoms with van der Waals surface area (Å²) in [5.74, 6) is 0.00942. The molecule has 7 nitrogen and oxygen atoms in total. The number of rotatable bonds is 8. The summed E-state index contributed by atoms with van der Waals surface area (Å²) in [4.78, 5) is 12.2. The first-order chi connectivity index (χ1) is 15.3. The number of hydrogen-bond acceptors (Lipinski definition) is 5. The topological polar surface area (TPSA) is 93.7 Å². The Kier molecular flexibility index (Phi) is 7.11. The van der Waals surface area contributed by atoms with Gasteiger partial charge in [-0.1, -0.05) is 12.1 Å². The molecule has 0 bridgehead atoms. The summed E-state index contributed by atoms with van der Waals surface area (Å²) in [6.45, 7) is 0. The van der Waals surface area contributed by atoms with Crippen LogP contribution in [-0.4, -0.2) is 28.5 Å². The summed E-state index contributed by atoms with van der Waals surface area (Å²) < 4.78 is 51.1. The fourth-order valence-electron chi connectivity index (χ4n) is 2.75. The lowest BCUT2D eigenvalue weighted by Gasteiger charge is -2.13. The van der Waals surface area contributed by atoms with Crippen LogP contribution in [0, 0.1) is 5.82 Å². The Hall–Kier alpha value is -3.85. The predicted molar refractivity (Wildman–Crippen MR) is 121 cm³/mol. The number of anilines is 2.